The number of rotatable bonds is 2. The van der Waals surface area contributed by atoms with Crippen LogP contribution in [0.15, 0.2) is 12.1 Å². The molecule has 1 aromatic carbocycles. The Bertz CT molecular complexity index is 379. The first-order chi connectivity index (χ1) is 6.22. The molecule has 0 bridgehead atoms. The Morgan fingerprint density at radius 3 is 2.77 bits per heavy atom. The van der Waals surface area contributed by atoms with Crippen LogP contribution in [0.4, 0.5) is 0 Å². The minimum atomic E-state index is -0.239. The van der Waals surface area contributed by atoms with E-state index in [0.29, 0.717) is 6.29 Å². The fourth-order valence-corrected chi connectivity index (χ4v) is 0.939. The van der Waals surface area contributed by atoms with Crippen LogP contribution in [0.2, 0.25) is 0 Å². The molecular formula is C9H7NO3. The van der Waals surface area contributed by atoms with Crippen LogP contribution >= 0.6 is 0 Å². The Morgan fingerprint density at radius 1 is 1.62 bits per heavy atom. The number of phenolic OH excluding ortho intramolecular Hbond substituents is 1. The van der Waals surface area contributed by atoms with Crippen molar-refractivity contribution in [1.29, 1.82) is 5.26 Å². The third kappa shape index (κ3) is 1.59. The summed E-state index contributed by atoms with van der Waals surface area (Å²) in [6, 6.07) is 4.51. The summed E-state index contributed by atoms with van der Waals surface area (Å²) >= 11 is 0. The number of nitriles is 1. The maximum Gasteiger partial charge on any atom is 0.168 e. The van der Waals surface area contributed by atoms with Crippen LogP contribution in [-0.2, 0) is 0 Å². The van der Waals surface area contributed by atoms with Crippen LogP contribution < -0.4 is 4.74 Å². The lowest BCUT2D eigenvalue weighted by molar-refractivity contribution is 0.112. The zero-order chi connectivity index (χ0) is 9.84. The average molecular weight is 177 g/mol. The SMILES string of the molecule is COc1cc(C#N)cc(C=O)c1O. The smallest absolute Gasteiger partial charge is 0.168 e. The zero-order valence-electron chi connectivity index (χ0n) is 6.94. The number of nitrogens with zero attached hydrogens (tertiary/aromatic N) is 1. The zero-order valence-corrected chi connectivity index (χ0v) is 6.94. The number of phenols is 1. The van der Waals surface area contributed by atoms with Crippen molar-refractivity contribution in [2.45, 2.75) is 0 Å². The van der Waals surface area contributed by atoms with Gasteiger partial charge in [0.1, 0.15) is 0 Å². The van der Waals surface area contributed by atoms with Gasteiger partial charge in [-0.15, -0.1) is 0 Å². The highest BCUT2D eigenvalue weighted by molar-refractivity contribution is 5.81. The Labute approximate surface area is 75.0 Å². The van der Waals surface area contributed by atoms with Gasteiger partial charge in [0.15, 0.2) is 17.8 Å². The summed E-state index contributed by atoms with van der Waals surface area (Å²) < 4.78 is 4.77. The minimum Gasteiger partial charge on any atom is -0.504 e. The van der Waals surface area contributed by atoms with Gasteiger partial charge in [-0.25, -0.2) is 0 Å². The summed E-state index contributed by atoms with van der Waals surface area (Å²) in [5, 5.41) is 17.9. The van der Waals surface area contributed by atoms with E-state index in [2.05, 4.69) is 0 Å². The number of ether oxygens (including phenoxy) is 1. The van der Waals surface area contributed by atoms with E-state index in [1.54, 1.807) is 0 Å². The molecule has 0 amide bonds. The first kappa shape index (κ1) is 9.07. The van der Waals surface area contributed by atoms with E-state index in [1.165, 1.54) is 19.2 Å². The second-order valence-corrected chi connectivity index (χ2v) is 2.35. The number of carbonyl (C=O) groups excluding carboxylic acids is 1. The molecule has 0 spiro atoms. The number of benzene rings is 1. The molecule has 13 heavy (non-hydrogen) atoms. The van der Waals surface area contributed by atoms with Crippen molar-refractivity contribution in [3.8, 4) is 17.6 Å². The molecule has 0 saturated heterocycles. The summed E-state index contributed by atoms with van der Waals surface area (Å²) in [5.41, 5.74) is 0.327. The molecule has 0 aromatic heterocycles. The molecular weight excluding hydrogens is 170 g/mol. The average Bonchev–Trinajstić information content (AvgIpc) is 2.18. The number of carbonyl (C=O) groups is 1. The summed E-state index contributed by atoms with van der Waals surface area (Å²) in [5.74, 6) is -0.113. The summed E-state index contributed by atoms with van der Waals surface area (Å²) in [6.07, 6.45) is 0.471. The topological polar surface area (TPSA) is 70.3 Å². The first-order valence-corrected chi connectivity index (χ1v) is 3.49. The van der Waals surface area contributed by atoms with Crippen LogP contribution in [0.25, 0.3) is 0 Å². The van der Waals surface area contributed by atoms with Crippen molar-refractivity contribution in [2.75, 3.05) is 7.11 Å². The minimum absolute atomic E-state index is 0.0518. The monoisotopic (exact) mass is 177 g/mol. The predicted octanol–water partition coefficient (Wildman–Crippen LogP) is 1.08. The maximum atomic E-state index is 10.4. The molecule has 0 unspecified atom stereocenters. The van der Waals surface area contributed by atoms with Gasteiger partial charge < -0.3 is 9.84 Å². The molecule has 0 heterocycles. The quantitative estimate of drug-likeness (QED) is 0.686. The number of aldehydes is 1. The Hall–Kier alpha value is -2.02. The van der Waals surface area contributed by atoms with Gasteiger partial charge in [-0.05, 0) is 6.07 Å². The summed E-state index contributed by atoms with van der Waals surface area (Å²) in [6.45, 7) is 0. The van der Waals surface area contributed by atoms with Crippen LogP contribution in [-0.4, -0.2) is 18.5 Å². The van der Waals surface area contributed by atoms with E-state index in [0.717, 1.165) is 0 Å². The lowest BCUT2D eigenvalue weighted by Crippen LogP contribution is -1.90. The molecule has 0 saturated carbocycles. The molecule has 0 aliphatic heterocycles. The molecule has 0 atom stereocenters. The van der Waals surface area contributed by atoms with Crippen LogP contribution in [0.1, 0.15) is 15.9 Å². The van der Waals surface area contributed by atoms with E-state index in [9.17, 15) is 9.90 Å². The third-order valence-electron chi connectivity index (χ3n) is 1.58. The number of methoxy groups -OCH3 is 1. The van der Waals surface area contributed by atoms with E-state index >= 15 is 0 Å². The molecule has 0 aliphatic rings. The van der Waals surface area contributed by atoms with Crippen molar-refractivity contribution in [3.05, 3.63) is 23.3 Å². The molecule has 4 heteroatoms. The van der Waals surface area contributed by atoms with Crippen molar-refractivity contribution < 1.29 is 14.6 Å². The highest BCUT2D eigenvalue weighted by Crippen LogP contribution is 2.29. The molecule has 0 aliphatic carbocycles. The lowest BCUT2D eigenvalue weighted by Gasteiger charge is -2.04. The van der Waals surface area contributed by atoms with E-state index in [-0.39, 0.29) is 22.6 Å². The van der Waals surface area contributed by atoms with Gasteiger partial charge in [0, 0.05) is 6.07 Å². The molecule has 4 nitrogen and oxygen atoms in total. The third-order valence-corrected chi connectivity index (χ3v) is 1.58. The van der Waals surface area contributed by atoms with Crippen molar-refractivity contribution in [1.82, 2.24) is 0 Å². The highest BCUT2D eigenvalue weighted by Gasteiger charge is 2.09. The van der Waals surface area contributed by atoms with Crippen molar-refractivity contribution >= 4 is 6.29 Å². The molecule has 1 aromatic rings. The highest BCUT2D eigenvalue weighted by atomic mass is 16.5. The van der Waals surface area contributed by atoms with Crippen molar-refractivity contribution in [2.24, 2.45) is 0 Å². The second-order valence-electron chi connectivity index (χ2n) is 2.35. The van der Waals surface area contributed by atoms with Gasteiger partial charge in [0.25, 0.3) is 0 Å². The standard InChI is InChI=1S/C9H7NO3/c1-13-8-3-6(4-10)2-7(5-11)9(8)12/h2-3,5,12H,1H3. The number of aromatic hydroxyl groups is 1. The largest absolute Gasteiger partial charge is 0.504 e. The number of hydrogen-bond acceptors (Lipinski definition) is 4. The Balaban J connectivity index is 3.39. The van der Waals surface area contributed by atoms with Gasteiger partial charge >= 0.3 is 0 Å². The predicted molar refractivity (Wildman–Crippen MR) is 44.8 cm³/mol. The van der Waals surface area contributed by atoms with E-state index < -0.39 is 0 Å². The van der Waals surface area contributed by atoms with Gasteiger partial charge in [-0.3, -0.25) is 4.79 Å². The fraction of sp³-hybridized carbons (Fsp3) is 0.111. The lowest BCUT2D eigenvalue weighted by atomic mass is 10.1. The molecule has 66 valence electrons. The Kier molecular flexibility index (Phi) is 2.50. The van der Waals surface area contributed by atoms with Gasteiger partial charge in [-0.2, -0.15) is 5.26 Å². The Morgan fingerprint density at radius 2 is 2.31 bits per heavy atom. The molecule has 0 radical (unpaired) electrons. The van der Waals surface area contributed by atoms with Gasteiger partial charge in [0.2, 0.25) is 0 Å². The van der Waals surface area contributed by atoms with Gasteiger partial charge in [0.05, 0.1) is 24.3 Å². The van der Waals surface area contributed by atoms with E-state index in [1.807, 2.05) is 6.07 Å². The van der Waals surface area contributed by atoms with Crippen LogP contribution in [0, 0.1) is 11.3 Å². The summed E-state index contributed by atoms with van der Waals surface area (Å²) in [4.78, 5) is 10.4. The van der Waals surface area contributed by atoms with Crippen LogP contribution in [0.3, 0.4) is 0 Å². The molecule has 0 fully saturated rings. The fourth-order valence-electron chi connectivity index (χ4n) is 0.939. The molecule has 1 rings (SSSR count). The summed E-state index contributed by atoms with van der Waals surface area (Å²) in [7, 11) is 1.35. The van der Waals surface area contributed by atoms with Crippen molar-refractivity contribution in [3.63, 3.8) is 0 Å². The van der Waals surface area contributed by atoms with E-state index in [4.69, 9.17) is 10.00 Å². The number of hydrogen-bond donors (Lipinski definition) is 1. The first-order valence-electron chi connectivity index (χ1n) is 3.49. The normalized spacial score (nSPS) is 8.92. The maximum absolute atomic E-state index is 10.4. The van der Waals surface area contributed by atoms with Gasteiger partial charge in [-0.1, -0.05) is 0 Å². The molecule has 1 N–H and O–H groups in total. The second kappa shape index (κ2) is 3.59. The van der Waals surface area contributed by atoms with Crippen LogP contribution in [0.5, 0.6) is 11.5 Å².